The molecule has 1 fully saturated rings. The number of halogens is 1. The summed E-state index contributed by atoms with van der Waals surface area (Å²) in [5, 5.41) is -0.250. The van der Waals surface area contributed by atoms with Gasteiger partial charge in [0.25, 0.3) is 0 Å². The fourth-order valence-corrected chi connectivity index (χ4v) is 5.91. The standard InChI is InChI=1S/C20H29ClN2O3S/c1-19(2,3)18-22-15-8-7-14(21)17(16(15)26-18)27(24,25)13-9-11-23(12-10-13)20(4,5)6/h7-8,13H,9-12H2,1-6H3. The molecule has 2 heterocycles. The second-order valence-corrected chi connectivity index (χ2v) is 12.0. The van der Waals surface area contributed by atoms with Crippen molar-refractivity contribution in [3.05, 3.63) is 23.0 Å². The lowest BCUT2D eigenvalue weighted by Gasteiger charge is -2.40. The van der Waals surface area contributed by atoms with Gasteiger partial charge in [0.05, 0.1) is 10.3 Å². The molecule has 5 nitrogen and oxygen atoms in total. The summed E-state index contributed by atoms with van der Waals surface area (Å²) in [6.07, 6.45) is 1.18. The number of sulfone groups is 1. The quantitative estimate of drug-likeness (QED) is 0.707. The Kier molecular flexibility index (Phi) is 5.15. The van der Waals surface area contributed by atoms with Crippen LogP contribution in [0, 0.1) is 0 Å². The molecule has 0 spiro atoms. The highest BCUT2D eigenvalue weighted by atomic mass is 35.5. The third-order valence-corrected chi connectivity index (χ3v) is 7.97. The van der Waals surface area contributed by atoms with Gasteiger partial charge in [-0.2, -0.15) is 0 Å². The first-order chi connectivity index (χ1) is 12.3. The second-order valence-electron chi connectivity index (χ2n) is 9.40. The molecule has 0 radical (unpaired) electrons. The van der Waals surface area contributed by atoms with E-state index in [4.69, 9.17) is 16.0 Å². The molecule has 1 aromatic carbocycles. The lowest BCUT2D eigenvalue weighted by Crippen LogP contribution is -2.48. The number of aromatic nitrogens is 1. The lowest BCUT2D eigenvalue weighted by atomic mass is 9.97. The molecule has 0 saturated carbocycles. The monoisotopic (exact) mass is 412 g/mol. The van der Waals surface area contributed by atoms with E-state index in [0.717, 1.165) is 13.1 Å². The number of nitrogens with zero attached hydrogens (tertiary/aromatic N) is 2. The van der Waals surface area contributed by atoms with Crippen molar-refractivity contribution in [3.63, 3.8) is 0 Å². The molecule has 0 bridgehead atoms. The zero-order valence-corrected chi connectivity index (χ0v) is 18.5. The molecule has 150 valence electrons. The Morgan fingerprint density at radius 2 is 1.70 bits per heavy atom. The van der Waals surface area contributed by atoms with Gasteiger partial charge in [-0.05, 0) is 58.8 Å². The van der Waals surface area contributed by atoms with E-state index in [1.165, 1.54) is 0 Å². The number of fused-ring (bicyclic) bond motifs is 1. The molecule has 1 saturated heterocycles. The molecule has 27 heavy (non-hydrogen) atoms. The smallest absolute Gasteiger partial charge is 0.200 e. The second kappa shape index (κ2) is 6.75. The third-order valence-electron chi connectivity index (χ3n) is 5.22. The number of likely N-dealkylation sites (tertiary alicyclic amines) is 1. The zero-order chi connectivity index (χ0) is 20.2. The van der Waals surface area contributed by atoms with E-state index in [-0.39, 0.29) is 26.5 Å². The van der Waals surface area contributed by atoms with Crippen molar-refractivity contribution in [2.45, 2.75) is 75.5 Å². The lowest BCUT2D eigenvalue weighted by molar-refractivity contribution is 0.112. The van der Waals surface area contributed by atoms with Crippen LogP contribution in [-0.4, -0.2) is 42.2 Å². The maximum absolute atomic E-state index is 13.4. The van der Waals surface area contributed by atoms with Crippen LogP contribution in [0.5, 0.6) is 0 Å². The van der Waals surface area contributed by atoms with Crippen LogP contribution in [0.2, 0.25) is 5.02 Å². The Labute approximate surface area is 167 Å². The Hall–Kier alpha value is -1.11. The van der Waals surface area contributed by atoms with E-state index in [1.54, 1.807) is 12.1 Å². The molecule has 0 N–H and O–H groups in total. The minimum Gasteiger partial charge on any atom is -0.439 e. The van der Waals surface area contributed by atoms with E-state index >= 15 is 0 Å². The largest absolute Gasteiger partial charge is 0.439 e. The SMILES string of the molecule is CC(C)(C)c1nc2ccc(Cl)c(S(=O)(=O)C3CCN(C(C)(C)C)CC3)c2o1. The molecule has 1 aliphatic rings. The first-order valence-electron chi connectivity index (χ1n) is 9.40. The Balaban J connectivity index is 2.01. The molecule has 0 amide bonds. The van der Waals surface area contributed by atoms with Crippen molar-refractivity contribution in [1.82, 2.24) is 9.88 Å². The number of benzene rings is 1. The van der Waals surface area contributed by atoms with Gasteiger partial charge in [0, 0.05) is 11.0 Å². The summed E-state index contributed by atoms with van der Waals surface area (Å²) in [5.41, 5.74) is 0.546. The normalized spacial score (nSPS) is 18.3. The molecule has 1 aliphatic heterocycles. The van der Waals surface area contributed by atoms with Crippen LogP contribution in [0.15, 0.2) is 21.4 Å². The van der Waals surface area contributed by atoms with E-state index in [0.29, 0.717) is 24.2 Å². The molecule has 7 heteroatoms. The highest BCUT2D eigenvalue weighted by Gasteiger charge is 2.37. The topological polar surface area (TPSA) is 63.4 Å². The van der Waals surface area contributed by atoms with Gasteiger partial charge in [0.2, 0.25) is 5.89 Å². The summed E-state index contributed by atoms with van der Waals surface area (Å²) in [6.45, 7) is 13.9. The van der Waals surface area contributed by atoms with Crippen LogP contribution in [0.3, 0.4) is 0 Å². The van der Waals surface area contributed by atoms with Gasteiger partial charge < -0.3 is 4.42 Å². The molecule has 3 rings (SSSR count). The van der Waals surface area contributed by atoms with Crippen molar-refractivity contribution in [2.24, 2.45) is 0 Å². The van der Waals surface area contributed by atoms with Gasteiger partial charge in [-0.15, -0.1) is 0 Å². The zero-order valence-electron chi connectivity index (χ0n) is 17.0. The summed E-state index contributed by atoms with van der Waals surface area (Å²) in [4.78, 5) is 6.91. The summed E-state index contributed by atoms with van der Waals surface area (Å²) in [5.74, 6) is 0.513. The van der Waals surface area contributed by atoms with E-state index in [2.05, 4.69) is 30.7 Å². The van der Waals surface area contributed by atoms with Crippen molar-refractivity contribution in [1.29, 1.82) is 0 Å². The highest BCUT2D eigenvalue weighted by Crippen LogP contribution is 2.37. The van der Waals surface area contributed by atoms with Gasteiger partial charge in [-0.1, -0.05) is 32.4 Å². The van der Waals surface area contributed by atoms with Gasteiger partial charge in [-0.3, -0.25) is 4.90 Å². The molecule has 0 aliphatic carbocycles. The maximum Gasteiger partial charge on any atom is 0.200 e. The van der Waals surface area contributed by atoms with Crippen molar-refractivity contribution >= 4 is 32.5 Å². The molecule has 2 aromatic rings. The third kappa shape index (κ3) is 3.89. The highest BCUT2D eigenvalue weighted by molar-refractivity contribution is 7.92. The van der Waals surface area contributed by atoms with Crippen LogP contribution in [0.4, 0.5) is 0 Å². The maximum atomic E-state index is 13.4. The number of hydrogen-bond donors (Lipinski definition) is 0. The summed E-state index contributed by atoms with van der Waals surface area (Å²) >= 11 is 6.35. The molecular formula is C20H29ClN2O3S. The molecule has 0 unspecified atom stereocenters. The van der Waals surface area contributed by atoms with Crippen molar-refractivity contribution in [2.75, 3.05) is 13.1 Å². The minimum absolute atomic E-state index is 0.0406. The van der Waals surface area contributed by atoms with Crippen LogP contribution in [0.25, 0.3) is 11.1 Å². The fourth-order valence-electron chi connectivity index (χ4n) is 3.53. The average molecular weight is 413 g/mol. The average Bonchev–Trinajstić information content (AvgIpc) is 2.98. The molecular weight excluding hydrogens is 384 g/mol. The predicted octanol–water partition coefficient (Wildman–Crippen LogP) is 4.82. The summed E-state index contributed by atoms with van der Waals surface area (Å²) < 4.78 is 32.8. The first-order valence-corrected chi connectivity index (χ1v) is 11.3. The fraction of sp³-hybridized carbons (Fsp3) is 0.650. The van der Waals surface area contributed by atoms with E-state index < -0.39 is 15.1 Å². The van der Waals surface area contributed by atoms with Crippen LogP contribution < -0.4 is 0 Å². The Bertz CT molecular complexity index is 944. The summed E-state index contributed by atoms with van der Waals surface area (Å²) in [7, 11) is -3.61. The first kappa shape index (κ1) is 20.6. The van der Waals surface area contributed by atoms with Crippen LogP contribution in [0.1, 0.15) is 60.3 Å². The number of piperidine rings is 1. The van der Waals surface area contributed by atoms with Crippen LogP contribution >= 0.6 is 11.6 Å². The Morgan fingerprint density at radius 3 is 2.22 bits per heavy atom. The molecule has 1 aromatic heterocycles. The van der Waals surface area contributed by atoms with Crippen molar-refractivity contribution < 1.29 is 12.8 Å². The van der Waals surface area contributed by atoms with Gasteiger partial charge in [-0.25, -0.2) is 13.4 Å². The number of oxazole rings is 1. The number of rotatable bonds is 2. The van der Waals surface area contributed by atoms with Crippen molar-refractivity contribution in [3.8, 4) is 0 Å². The summed E-state index contributed by atoms with van der Waals surface area (Å²) in [6, 6.07) is 3.33. The van der Waals surface area contributed by atoms with E-state index in [1.807, 2.05) is 20.8 Å². The minimum atomic E-state index is -3.61. The predicted molar refractivity (Wildman–Crippen MR) is 109 cm³/mol. The van der Waals surface area contributed by atoms with Gasteiger partial charge in [0.15, 0.2) is 15.4 Å². The van der Waals surface area contributed by atoms with Gasteiger partial charge >= 0.3 is 0 Å². The van der Waals surface area contributed by atoms with Crippen LogP contribution in [-0.2, 0) is 15.3 Å². The molecule has 0 atom stereocenters. The van der Waals surface area contributed by atoms with Gasteiger partial charge in [0.1, 0.15) is 10.4 Å². The van der Waals surface area contributed by atoms with E-state index in [9.17, 15) is 8.42 Å². The number of hydrogen-bond acceptors (Lipinski definition) is 5. The Morgan fingerprint density at radius 1 is 1.11 bits per heavy atom.